The van der Waals surface area contributed by atoms with E-state index in [4.69, 9.17) is 27.2 Å². The molecule has 278 valence electrons. The summed E-state index contributed by atoms with van der Waals surface area (Å²) >= 11 is 0. The molecule has 21 nitrogen and oxygen atoms in total. The zero-order valence-corrected chi connectivity index (χ0v) is 28.6. The van der Waals surface area contributed by atoms with Crippen molar-refractivity contribution in [3.8, 4) is 0 Å². The van der Waals surface area contributed by atoms with Gasteiger partial charge in [0.2, 0.25) is 23.6 Å². The summed E-state index contributed by atoms with van der Waals surface area (Å²) in [5.74, 6) is -3.38. The van der Waals surface area contributed by atoms with Crippen LogP contribution in [0.3, 0.4) is 0 Å². The highest BCUT2D eigenvalue weighted by Crippen LogP contribution is 2.22. The fraction of sp³-hybridized carbons (Fsp3) is 0.654. The molecule has 49 heavy (non-hydrogen) atoms. The summed E-state index contributed by atoms with van der Waals surface area (Å²) in [6.45, 7) is 3.05. The van der Waals surface area contributed by atoms with Gasteiger partial charge in [-0.3, -0.25) is 44.4 Å². The van der Waals surface area contributed by atoms with Gasteiger partial charge in [-0.1, -0.05) is 34.9 Å². The minimum atomic E-state index is -1.77. The van der Waals surface area contributed by atoms with Crippen molar-refractivity contribution in [1.82, 2.24) is 26.7 Å². The minimum Gasteiger partial charge on any atom is -0.481 e. The molecule has 0 saturated heterocycles. The van der Waals surface area contributed by atoms with Crippen LogP contribution in [0.4, 0.5) is 0 Å². The van der Waals surface area contributed by atoms with Gasteiger partial charge in [0.05, 0.1) is 12.8 Å². The summed E-state index contributed by atoms with van der Waals surface area (Å²) in [6.07, 6.45) is -1.37. The highest BCUT2D eigenvalue weighted by Gasteiger charge is 2.33. The van der Waals surface area contributed by atoms with E-state index in [1.54, 1.807) is 6.92 Å². The van der Waals surface area contributed by atoms with Crippen molar-refractivity contribution < 1.29 is 58.4 Å². The summed E-state index contributed by atoms with van der Waals surface area (Å²) in [6, 6.07) is -7.36. The van der Waals surface area contributed by atoms with Gasteiger partial charge < -0.3 is 52.8 Å². The number of rotatable bonds is 26. The van der Waals surface area contributed by atoms with E-state index in [1.807, 2.05) is 5.43 Å². The maximum Gasteiger partial charge on any atom is 0.327 e. The Hall–Kier alpha value is -4.35. The van der Waals surface area contributed by atoms with E-state index >= 15 is 0 Å². The standard InChI is InChI=1S/C26H45N9O12S2/c1-3-5-14(21(41)34-18(25(45)46)12-49-48-9-8-47-13(2)36)31-23(43)16(10-19(37)38)33-22(42)15(6-4-7-30-26(27)28)32-24(44)17(35-29)11-20(39)40/h14-18,35H,3-12,29H2,1-2H3,(H,31,43)(H,32,44)(H,33,42)(H,34,41)(H,37,38)(H,39,40)(H,45,46)(H4,27,28,30). The number of carbonyl (C=O) groups is 8. The molecule has 5 unspecified atom stereocenters. The number of aliphatic imine (C=N–C) groups is 1. The smallest absolute Gasteiger partial charge is 0.327 e. The number of nitrogens with two attached hydrogens (primary N) is 3. The molecule has 0 aliphatic heterocycles. The van der Waals surface area contributed by atoms with Crippen LogP contribution < -0.4 is 44.0 Å². The van der Waals surface area contributed by atoms with Crippen molar-refractivity contribution in [1.29, 1.82) is 0 Å². The van der Waals surface area contributed by atoms with E-state index in [-0.39, 0.29) is 44.1 Å². The van der Waals surface area contributed by atoms with Crippen molar-refractivity contribution in [2.75, 3.05) is 24.7 Å². The number of hydrogen-bond donors (Lipinski definition) is 11. The minimum absolute atomic E-state index is 0.0163. The number of esters is 1. The highest BCUT2D eigenvalue weighted by molar-refractivity contribution is 8.76. The van der Waals surface area contributed by atoms with E-state index in [2.05, 4.69) is 26.3 Å². The molecule has 0 rings (SSSR count). The number of carbonyl (C=O) groups excluding carboxylic acids is 5. The Labute approximate surface area is 289 Å². The zero-order valence-electron chi connectivity index (χ0n) is 27.0. The molecule has 23 heteroatoms. The van der Waals surface area contributed by atoms with Gasteiger partial charge in [-0.05, 0) is 19.3 Å². The molecule has 0 aromatic carbocycles. The lowest BCUT2D eigenvalue weighted by Crippen LogP contribution is -2.59. The summed E-state index contributed by atoms with van der Waals surface area (Å²) < 4.78 is 4.79. The zero-order chi connectivity index (χ0) is 37.5. The Balaban J connectivity index is 5.81. The SMILES string of the molecule is CCCC(NC(=O)C(CC(=O)O)NC(=O)C(CCCN=C(N)N)NC(=O)C(CC(=O)O)NN)C(=O)NC(CSSCCOC(C)=O)C(=O)O. The molecule has 0 aromatic heterocycles. The first-order valence-electron chi connectivity index (χ1n) is 14.8. The molecule has 0 spiro atoms. The largest absolute Gasteiger partial charge is 0.481 e. The van der Waals surface area contributed by atoms with Crippen molar-refractivity contribution in [3.05, 3.63) is 0 Å². The van der Waals surface area contributed by atoms with Crippen LogP contribution in [0, 0.1) is 0 Å². The van der Waals surface area contributed by atoms with Gasteiger partial charge in [-0.25, -0.2) is 10.2 Å². The predicted octanol–water partition coefficient (Wildman–Crippen LogP) is -3.41. The first-order valence-corrected chi connectivity index (χ1v) is 17.3. The van der Waals surface area contributed by atoms with Gasteiger partial charge in [-0.2, -0.15) is 0 Å². The number of guanidine groups is 1. The maximum atomic E-state index is 13.3. The van der Waals surface area contributed by atoms with Crippen molar-refractivity contribution in [2.45, 2.75) is 82.6 Å². The third kappa shape index (κ3) is 20.6. The topological polar surface area (TPSA) is 357 Å². The molecule has 4 amide bonds. The third-order valence-corrected chi connectivity index (χ3v) is 8.48. The predicted molar refractivity (Wildman–Crippen MR) is 177 cm³/mol. The average Bonchev–Trinajstić information content (AvgIpc) is 3.00. The van der Waals surface area contributed by atoms with Crippen LogP contribution >= 0.6 is 21.6 Å². The average molecular weight is 740 g/mol. The van der Waals surface area contributed by atoms with Gasteiger partial charge in [0.25, 0.3) is 0 Å². The second kappa shape index (κ2) is 24.7. The molecule has 14 N–H and O–H groups in total. The Morgan fingerprint density at radius 1 is 0.735 bits per heavy atom. The molecule has 0 aliphatic rings. The molecular weight excluding hydrogens is 694 g/mol. The number of carboxylic acids is 3. The Morgan fingerprint density at radius 2 is 1.22 bits per heavy atom. The lowest BCUT2D eigenvalue weighted by Gasteiger charge is -2.26. The monoisotopic (exact) mass is 739 g/mol. The van der Waals surface area contributed by atoms with Crippen molar-refractivity contribution in [3.63, 3.8) is 0 Å². The van der Waals surface area contributed by atoms with Gasteiger partial charge in [0.1, 0.15) is 36.8 Å². The van der Waals surface area contributed by atoms with Gasteiger partial charge in [0.15, 0.2) is 5.96 Å². The normalized spacial score (nSPS) is 13.7. The fourth-order valence-electron chi connectivity index (χ4n) is 3.77. The Bertz CT molecular complexity index is 1190. The summed E-state index contributed by atoms with van der Waals surface area (Å²) in [5, 5.41) is 37.3. The molecule has 5 atom stereocenters. The summed E-state index contributed by atoms with van der Waals surface area (Å²) in [5.41, 5.74) is 12.6. The van der Waals surface area contributed by atoms with E-state index in [1.165, 1.54) is 17.7 Å². The Morgan fingerprint density at radius 3 is 1.71 bits per heavy atom. The number of nitrogens with one attached hydrogen (secondary N) is 5. The van der Waals surface area contributed by atoms with E-state index in [0.29, 0.717) is 12.2 Å². The van der Waals surface area contributed by atoms with Crippen LogP contribution in [-0.4, -0.2) is 124 Å². The van der Waals surface area contributed by atoms with Crippen LogP contribution in [0.5, 0.6) is 0 Å². The van der Waals surface area contributed by atoms with Crippen LogP contribution in [0.1, 0.15) is 52.4 Å². The lowest BCUT2D eigenvalue weighted by molar-refractivity contribution is -0.143. The molecular formula is C26H45N9O12S2. The number of ether oxygens (including phenoxy) is 1. The number of nitrogens with zero attached hydrogens (tertiary/aromatic N) is 1. The van der Waals surface area contributed by atoms with Crippen LogP contribution in [0.15, 0.2) is 4.99 Å². The molecule has 0 aliphatic carbocycles. The van der Waals surface area contributed by atoms with Crippen LogP contribution in [0.25, 0.3) is 0 Å². The van der Waals surface area contributed by atoms with Crippen LogP contribution in [-0.2, 0) is 43.1 Å². The van der Waals surface area contributed by atoms with Crippen molar-refractivity contribution >= 4 is 75.1 Å². The van der Waals surface area contributed by atoms with E-state index in [0.717, 1.165) is 10.8 Å². The first-order chi connectivity index (χ1) is 23.0. The Kier molecular flexibility index (Phi) is 22.5. The number of hydrogen-bond acceptors (Lipinski definition) is 14. The summed E-state index contributed by atoms with van der Waals surface area (Å²) in [4.78, 5) is 101. The maximum absolute atomic E-state index is 13.3. The lowest BCUT2D eigenvalue weighted by atomic mass is 10.1. The molecule has 0 saturated carbocycles. The first kappa shape index (κ1) is 44.6. The number of carboxylic acid groups (broad SMARTS) is 3. The van der Waals surface area contributed by atoms with Gasteiger partial charge in [0, 0.05) is 25.0 Å². The van der Waals surface area contributed by atoms with E-state index in [9.17, 15) is 48.6 Å². The quantitative estimate of drug-likeness (QED) is 0.00782. The number of aliphatic carboxylic acids is 3. The number of hydrazine groups is 1. The summed E-state index contributed by atoms with van der Waals surface area (Å²) in [7, 11) is 2.31. The van der Waals surface area contributed by atoms with E-state index < -0.39 is 90.6 Å². The fourth-order valence-corrected chi connectivity index (χ4v) is 5.76. The molecule has 0 bridgehead atoms. The molecule has 0 heterocycles. The molecule has 0 fully saturated rings. The third-order valence-electron chi connectivity index (χ3n) is 6.10. The number of amides is 4. The molecule has 0 aromatic rings. The van der Waals surface area contributed by atoms with Crippen molar-refractivity contribution in [2.24, 2.45) is 22.3 Å². The second-order valence-corrected chi connectivity index (χ2v) is 12.8. The van der Waals surface area contributed by atoms with Gasteiger partial charge >= 0.3 is 23.9 Å². The second-order valence-electron chi connectivity index (χ2n) is 10.2. The van der Waals surface area contributed by atoms with Crippen LogP contribution in [0.2, 0.25) is 0 Å². The van der Waals surface area contributed by atoms with Gasteiger partial charge in [-0.15, -0.1) is 0 Å². The highest BCUT2D eigenvalue weighted by atomic mass is 33.1. The molecule has 0 radical (unpaired) electrons.